The lowest BCUT2D eigenvalue weighted by Crippen LogP contribution is -2.11. The number of para-hydroxylation sites is 1. The minimum absolute atomic E-state index is 1.11. The number of benzene rings is 9. The van der Waals surface area contributed by atoms with Crippen molar-refractivity contribution in [1.29, 1.82) is 0 Å². The third-order valence-electron chi connectivity index (χ3n) is 10.3. The average molecular weight is 680 g/mol. The fourth-order valence-corrected chi connectivity index (χ4v) is 9.18. The summed E-state index contributed by atoms with van der Waals surface area (Å²) in [6.45, 7) is 0. The zero-order valence-corrected chi connectivity index (χ0v) is 29.2. The van der Waals surface area contributed by atoms with Gasteiger partial charge in [0.05, 0.1) is 11.4 Å². The van der Waals surface area contributed by atoms with Gasteiger partial charge in [-0.15, -0.1) is 11.3 Å². The van der Waals surface area contributed by atoms with Crippen LogP contribution < -0.4 is 4.90 Å². The molecular formula is C50H33NS. The minimum Gasteiger partial charge on any atom is -0.309 e. The van der Waals surface area contributed by atoms with E-state index in [4.69, 9.17) is 0 Å². The molecule has 1 heterocycles. The molecule has 0 bridgehead atoms. The normalized spacial score (nSPS) is 11.5. The van der Waals surface area contributed by atoms with Gasteiger partial charge in [-0.3, -0.25) is 0 Å². The van der Waals surface area contributed by atoms with Gasteiger partial charge in [-0.1, -0.05) is 176 Å². The lowest BCUT2D eigenvalue weighted by atomic mass is 9.96. The van der Waals surface area contributed by atoms with E-state index in [0.29, 0.717) is 0 Å². The Morgan fingerprint density at radius 2 is 0.846 bits per heavy atom. The Morgan fingerprint density at radius 3 is 1.65 bits per heavy atom. The SMILES string of the molecule is c1ccc(-c2ccc(N(c3ccccc3-c3ccccc3)c3cc4c5cccc(-c6cccc7ccccc67)c5sc4c4ccccc34)cc2)cc1. The molecule has 0 aliphatic rings. The Balaban J connectivity index is 1.25. The standard InChI is InChI=1S/C50H33NS/c1-3-15-34(16-4-1)35-29-31-38(32-30-35)51(47-28-12-11-22-40(47)37-17-5-2-6-18-37)48-33-46-45-27-14-26-43(41-25-13-20-36-19-7-8-21-39(36)41)49(45)52-50(46)44-24-10-9-23-42(44)48/h1-33H. The molecule has 0 saturated heterocycles. The van der Waals surface area contributed by atoms with Crippen molar-refractivity contribution in [2.75, 3.05) is 4.90 Å². The number of anilines is 3. The molecule has 0 atom stereocenters. The van der Waals surface area contributed by atoms with E-state index in [1.165, 1.54) is 75.1 Å². The molecule has 0 fully saturated rings. The average Bonchev–Trinajstić information content (AvgIpc) is 3.61. The maximum absolute atomic E-state index is 2.47. The molecule has 0 radical (unpaired) electrons. The number of fused-ring (bicyclic) bond motifs is 6. The number of rotatable bonds is 6. The maximum Gasteiger partial charge on any atom is 0.0547 e. The second kappa shape index (κ2) is 12.7. The summed E-state index contributed by atoms with van der Waals surface area (Å²) >= 11 is 1.91. The summed E-state index contributed by atoms with van der Waals surface area (Å²) in [7, 11) is 0. The lowest BCUT2D eigenvalue weighted by Gasteiger charge is -2.29. The molecule has 10 aromatic rings. The van der Waals surface area contributed by atoms with Crippen LogP contribution in [0.2, 0.25) is 0 Å². The van der Waals surface area contributed by atoms with E-state index >= 15 is 0 Å². The van der Waals surface area contributed by atoms with Crippen LogP contribution in [0, 0.1) is 0 Å². The van der Waals surface area contributed by atoms with Gasteiger partial charge in [0.1, 0.15) is 0 Å². The first-order valence-electron chi connectivity index (χ1n) is 17.8. The molecule has 0 amide bonds. The highest BCUT2D eigenvalue weighted by atomic mass is 32.1. The van der Waals surface area contributed by atoms with Crippen LogP contribution in [0.5, 0.6) is 0 Å². The molecule has 10 rings (SSSR count). The van der Waals surface area contributed by atoms with Crippen molar-refractivity contribution < 1.29 is 0 Å². The fraction of sp³-hybridized carbons (Fsp3) is 0. The highest BCUT2D eigenvalue weighted by Crippen LogP contribution is 2.50. The summed E-state index contributed by atoms with van der Waals surface area (Å²) in [6, 6.07) is 72.8. The van der Waals surface area contributed by atoms with E-state index in [-0.39, 0.29) is 0 Å². The molecule has 2 heteroatoms. The molecule has 244 valence electrons. The van der Waals surface area contributed by atoms with E-state index in [9.17, 15) is 0 Å². The first-order valence-corrected chi connectivity index (χ1v) is 18.6. The minimum atomic E-state index is 1.11. The quantitative estimate of drug-likeness (QED) is 0.169. The largest absolute Gasteiger partial charge is 0.309 e. The Kier molecular flexibility index (Phi) is 7.41. The van der Waals surface area contributed by atoms with Crippen LogP contribution >= 0.6 is 11.3 Å². The van der Waals surface area contributed by atoms with E-state index in [0.717, 1.165) is 17.1 Å². The number of thiophene rings is 1. The highest BCUT2D eigenvalue weighted by molar-refractivity contribution is 7.27. The first kappa shape index (κ1) is 30.4. The van der Waals surface area contributed by atoms with Crippen LogP contribution in [0.3, 0.4) is 0 Å². The second-order valence-corrected chi connectivity index (χ2v) is 14.3. The van der Waals surface area contributed by atoms with Crippen LogP contribution in [-0.2, 0) is 0 Å². The highest BCUT2D eigenvalue weighted by Gasteiger charge is 2.22. The topological polar surface area (TPSA) is 3.24 Å². The van der Waals surface area contributed by atoms with Crippen molar-refractivity contribution >= 4 is 70.1 Å². The zero-order chi connectivity index (χ0) is 34.4. The number of hydrogen-bond donors (Lipinski definition) is 0. The molecule has 0 aliphatic carbocycles. The van der Waals surface area contributed by atoms with E-state index in [1.807, 2.05) is 11.3 Å². The molecule has 1 aromatic heterocycles. The smallest absolute Gasteiger partial charge is 0.0547 e. The molecule has 0 saturated carbocycles. The summed E-state index contributed by atoms with van der Waals surface area (Å²) in [5.41, 5.74) is 10.8. The number of nitrogens with zero attached hydrogens (tertiary/aromatic N) is 1. The Labute approximate surface area is 307 Å². The molecule has 0 aliphatic heterocycles. The van der Waals surface area contributed by atoms with Gasteiger partial charge in [-0.2, -0.15) is 0 Å². The Morgan fingerprint density at radius 1 is 0.308 bits per heavy atom. The van der Waals surface area contributed by atoms with Crippen LogP contribution in [-0.4, -0.2) is 0 Å². The third kappa shape index (κ3) is 5.07. The summed E-state index contributed by atoms with van der Waals surface area (Å²) in [5.74, 6) is 0. The van der Waals surface area contributed by atoms with E-state index in [1.54, 1.807) is 0 Å². The predicted molar refractivity (Wildman–Crippen MR) is 225 cm³/mol. The van der Waals surface area contributed by atoms with Crippen molar-refractivity contribution in [3.8, 4) is 33.4 Å². The van der Waals surface area contributed by atoms with Crippen molar-refractivity contribution in [3.05, 3.63) is 200 Å². The van der Waals surface area contributed by atoms with Gasteiger partial charge in [-0.25, -0.2) is 0 Å². The van der Waals surface area contributed by atoms with Gasteiger partial charge >= 0.3 is 0 Å². The van der Waals surface area contributed by atoms with Gasteiger partial charge in [0.15, 0.2) is 0 Å². The lowest BCUT2D eigenvalue weighted by molar-refractivity contribution is 1.30. The summed E-state index contributed by atoms with van der Waals surface area (Å²) in [5, 5.41) is 7.60. The molecule has 1 nitrogen and oxygen atoms in total. The second-order valence-electron chi connectivity index (χ2n) is 13.3. The van der Waals surface area contributed by atoms with Crippen molar-refractivity contribution in [2.45, 2.75) is 0 Å². The molecule has 0 unspecified atom stereocenters. The van der Waals surface area contributed by atoms with E-state index < -0.39 is 0 Å². The van der Waals surface area contributed by atoms with Crippen LogP contribution in [0.25, 0.3) is 75.1 Å². The van der Waals surface area contributed by atoms with Crippen LogP contribution in [0.15, 0.2) is 200 Å². The van der Waals surface area contributed by atoms with Crippen LogP contribution in [0.1, 0.15) is 0 Å². The molecular weight excluding hydrogens is 647 g/mol. The van der Waals surface area contributed by atoms with Gasteiger partial charge in [0.2, 0.25) is 0 Å². The summed E-state index contributed by atoms with van der Waals surface area (Å²) in [6.07, 6.45) is 0. The maximum atomic E-state index is 2.47. The van der Waals surface area contributed by atoms with Crippen molar-refractivity contribution in [2.24, 2.45) is 0 Å². The third-order valence-corrected chi connectivity index (χ3v) is 11.6. The van der Waals surface area contributed by atoms with Gasteiger partial charge in [-0.05, 0) is 57.3 Å². The van der Waals surface area contributed by atoms with Gasteiger partial charge < -0.3 is 4.90 Å². The molecule has 0 spiro atoms. The van der Waals surface area contributed by atoms with Gasteiger partial charge in [0.25, 0.3) is 0 Å². The first-order chi connectivity index (χ1) is 25.8. The van der Waals surface area contributed by atoms with Crippen molar-refractivity contribution in [1.82, 2.24) is 0 Å². The Hall–Kier alpha value is -6.48. The monoisotopic (exact) mass is 679 g/mol. The van der Waals surface area contributed by atoms with Gasteiger partial charge in [0, 0.05) is 47.8 Å². The molecule has 9 aromatic carbocycles. The molecule has 52 heavy (non-hydrogen) atoms. The predicted octanol–water partition coefficient (Wildman–Crippen LogP) is 14.8. The Bertz CT molecular complexity index is 2880. The van der Waals surface area contributed by atoms with E-state index in [2.05, 4.69) is 205 Å². The van der Waals surface area contributed by atoms with Crippen LogP contribution in [0.4, 0.5) is 17.1 Å². The zero-order valence-electron chi connectivity index (χ0n) is 28.4. The summed E-state index contributed by atoms with van der Waals surface area (Å²) < 4.78 is 2.64. The van der Waals surface area contributed by atoms with Crippen molar-refractivity contribution in [3.63, 3.8) is 0 Å². The molecule has 0 N–H and O–H groups in total. The number of hydrogen-bond acceptors (Lipinski definition) is 2. The summed E-state index contributed by atoms with van der Waals surface area (Å²) in [4.78, 5) is 2.47. The fourth-order valence-electron chi connectivity index (χ4n) is 7.83.